The average molecular weight is 599 g/mol. The van der Waals surface area contributed by atoms with Crippen LogP contribution in [0, 0.1) is 0 Å². The van der Waals surface area contributed by atoms with Gasteiger partial charge in [-0.3, -0.25) is 4.79 Å². The number of anilines is 2. The number of para-hydroxylation sites is 1. The van der Waals surface area contributed by atoms with E-state index in [1.165, 1.54) is 12.0 Å². The topological polar surface area (TPSA) is 109 Å². The Kier molecular flexibility index (Phi) is 9.50. The number of likely N-dealkylation sites (tertiary alicyclic amines) is 1. The summed E-state index contributed by atoms with van der Waals surface area (Å²) in [6, 6.07) is 19.7. The van der Waals surface area contributed by atoms with Gasteiger partial charge in [0.25, 0.3) is 0 Å². The number of methoxy groups -OCH3 is 1. The van der Waals surface area contributed by atoms with Crippen molar-refractivity contribution >= 4 is 45.2 Å². The van der Waals surface area contributed by atoms with Gasteiger partial charge >= 0.3 is 12.0 Å². The maximum atomic E-state index is 14.2. The van der Waals surface area contributed by atoms with Gasteiger partial charge in [0.05, 0.1) is 49.6 Å². The lowest BCUT2D eigenvalue weighted by molar-refractivity contribution is -0.131. The van der Waals surface area contributed by atoms with Gasteiger partial charge < -0.3 is 25.1 Å². The Bertz CT molecular complexity index is 1330. The van der Waals surface area contributed by atoms with Crippen LogP contribution in [0.4, 0.5) is 20.6 Å². The predicted octanol–water partition coefficient (Wildman–Crippen LogP) is 4.94. The van der Waals surface area contributed by atoms with E-state index in [0.717, 1.165) is 4.47 Å². The fourth-order valence-corrected chi connectivity index (χ4v) is 4.64. The molecule has 3 N–H and O–H groups in total. The molecule has 0 bridgehead atoms. The Morgan fingerprint density at radius 3 is 2.46 bits per heavy atom. The zero-order valence-corrected chi connectivity index (χ0v) is 22.7. The second kappa shape index (κ2) is 13.2. The van der Waals surface area contributed by atoms with E-state index in [1.807, 2.05) is 12.1 Å². The highest BCUT2D eigenvalue weighted by Gasteiger charge is 2.35. The highest BCUT2D eigenvalue weighted by atomic mass is 79.9. The standard InChI is InChI=1S/C28H28BrFN4O5/c1-38-25-13-18(11-12-24(25)33-28(37)32-23-10-6-5-9-22(23)29)14-26(35)34-17-20(30)15-21(34)16-31-39-27(36)19-7-3-2-4-8-19/h2-13,20-21,31H,14-17H2,1H3,(H2,32,33,37). The molecule has 3 aromatic carbocycles. The molecule has 1 aliphatic heterocycles. The minimum atomic E-state index is -1.17. The van der Waals surface area contributed by atoms with Crippen LogP contribution in [-0.4, -0.2) is 55.2 Å². The summed E-state index contributed by atoms with van der Waals surface area (Å²) in [5.74, 6) is -0.460. The number of rotatable bonds is 9. The Hall–Kier alpha value is -3.96. The highest BCUT2D eigenvalue weighted by Crippen LogP contribution is 2.28. The molecule has 2 atom stereocenters. The summed E-state index contributed by atoms with van der Waals surface area (Å²) in [5, 5.41) is 5.49. The second-order valence-electron chi connectivity index (χ2n) is 8.91. The van der Waals surface area contributed by atoms with Crippen molar-refractivity contribution in [1.82, 2.24) is 10.4 Å². The molecule has 9 nitrogen and oxygen atoms in total. The predicted molar refractivity (Wildman–Crippen MR) is 148 cm³/mol. The molecule has 3 aromatic rings. The van der Waals surface area contributed by atoms with Crippen LogP contribution in [0.3, 0.4) is 0 Å². The first-order chi connectivity index (χ1) is 18.8. The summed E-state index contributed by atoms with van der Waals surface area (Å²) in [5.41, 5.74) is 4.62. The molecule has 39 heavy (non-hydrogen) atoms. The number of halogens is 2. The molecule has 1 saturated heterocycles. The van der Waals surface area contributed by atoms with Crippen LogP contribution in [0.2, 0.25) is 0 Å². The summed E-state index contributed by atoms with van der Waals surface area (Å²) in [4.78, 5) is 44.2. The number of alkyl halides is 1. The lowest BCUT2D eigenvalue weighted by Crippen LogP contribution is -2.42. The zero-order valence-electron chi connectivity index (χ0n) is 21.2. The Morgan fingerprint density at radius 1 is 1.00 bits per heavy atom. The lowest BCUT2D eigenvalue weighted by atomic mass is 10.1. The van der Waals surface area contributed by atoms with Gasteiger partial charge in [0, 0.05) is 10.9 Å². The van der Waals surface area contributed by atoms with Crippen LogP contribution in [0.1, 0.15) is 22.3 Å². The molecule has 1 fully saturated rings. The summed E-state index contributed by atoms with van der Waals surface area (Å²) in [7, 11) is 1.46. The third-order valence-electron chi connectivity index (χ3n) is 6.17. The summed E-state index contributed by atoms with van der Waals surface area (Å²) < 4.78 is 20.4. The van der Waals surface area contributed by atoms with E-state index in [4.69, 9.17) is 9.57 Å². The van der Waals surface area contributed by atoms with Gasteiger partial charge in [0.15, 0.2) is 0 Å². The minimum absolute atomic E-state index is 0.00677. The van der Waals surface area contributed by atoms with E-state index < -0.39 is 24.2 Å². The maximum absolute atomic E-state index is 14.2. The quantitative estimate of drug-likeness (QED) is 0.301. The Balaban J connectivity index is 1.34. The molecule has 4 rings (SSSR count). The molecule has 0 spiro atoms. The van der Waals surface area contributed by atoms with E-state index in [0.29, 0.717) is 28.3 Å². The molecule has 0 radical (unpaired) electrons. The lowest BCUT2D eigenvalue weighted by Gasteiger charge is -2.24. The molecule has 2 unspecified atom stereocenters. The number of amides is 3. The Labute approximate surface area is 233 Å². The fourth-order valence-electron chi connectivity index (χ4n) is 4.26. The van der Waals surface area contributed by atoms with Gasteiger partial charge in [0.1, 0.15) is 11.9 Å². The number of benzene rings is 3. The molecular formula is C28H28BrFN4O5. The van der Waals surface area contributed by atoms with Crippen LogP contribution >= 0.6 is 15.9 Å². The third-order valence-corrected chi connectivity index (χ3v) is 6.86. The van der Waals surface area contributed by atoms with E-state index in [9.17, 15) is 18.8 Å². The first-order valence-corrected chi connectivity index (χ1v) is 13.1. The van der Waals surface area contributed by atoms with Gasteiger partial charge in [-0.25, -0.2) is 14.0 Å². The largest absolute Gasteiger partial charge is 0.495 e. The smallest absolute Gasteiger partial charge is 0.356 e. The number of hydrogen-bond acceptors (Lipinski definition) is 6. The number of carbonyl (C=O) groups excluding carboxylic acids is 3. The van der Waals surface area contributed by atoms with Gasteiger partial charge in [-0.05, 0) is 57.9 Å². The highest BCUT2D eigenvalue weighted by molar-refractivity contribution is 9.10. The van der Waals surface area contributed by atoms with Crippen LogP contribution in [0.5, 0.6) is 5.75 Å². The van der Waals surface area contributed by atoms with Crippen molar-refractivity contribution < 1.29 is 28.3 Å². The van der Waals surface area contributed by atoms with Gasteiger partial charge in [0.2, 0.25) is 5.91 Å². The number of carbonyl (C=O) groups is 3. The summed E-state index contributed by atoms with van der Waals surface area (Å²) in [6.07, 6.45) is -1.03. The van der Waals surface area contributed by atoms with Crippen molar-refractivity contribution in [1.29, 1.82) is 0 Å². The van der Waals surface area contributed by atoms with Crippen molar-refractivity contribution in [2.24, 2.45) is 0 Å². The van der Waals surface area contributed by atoms with E-state index in [2.05, 4.69) is 32.0 Å². The van der Waals surface area contributed by atoms with Gasteiger partial charge in [-0.2, -0.15) is 5.48 Å². The van der Waals surface area contributed by atoms with Crippen molar-refractivity contribution in [3.05, 3.63) is 88.4 Å². The van der Waals surface area contributed by atoms with Crippen molar-refractivity contribution in [2.45, 2.75) is 25.1 Å². The molecule has 204 valence electrons. The molecular weight excluding hydrogens is 571 g/mol. The molecule has 0 aromatic heterocycles. The Morgan fingerprint density at radius 2 is 1.72 bits per heavy atom. The number of ether oxygens (including phenoxy) is 1. The first-order valence-electron chi connectivity index (χ1n) is 12.3. The van der Waals surface area contributed by atoms with Gasteiger partial charge in [-0.1, -0.05) is 36.4 Å². The molecule has 0 saturated carbocycles. The minimum Gasteiger partial charge on any atom is -0.495 e. The fraction of sp³-hybridized carbons (Fsp3) is 0.250. The molecule has 11 heteroatoms. The second-order valence-corrected chi connectivity index (χ2v) is 9.76. The summed E-state index contributed by atoms with van der Waals surface area (Å²) >= 11 is 3.38. The number of hydrogen-bond donors (Lipinski definition) is 3. The third kappa shape index (κ3) is 7.55. The monoisotopic (exact) mass is 598 g/mol. The van der Waals surface area contributed by atoms with Crippen LogP contribution in [-0.2, 0) is 16.1 Å². The number of hydroxylamine groups is 1. The normalized spacial score (nSPS) is 16.4. The van der Waals surface area contributed by atoms with Crippen molar-refractivity contribution in [3.8, 4) is 5.75 Å². The molecule has 3 amide bonds. The van der Waals surface area contributed by atoms with E-state index in [1.54, 1.807) is 60.7 Å². The first kappa shape index (κ1) is 28.1. The van der Waals surface area contributed by atoms with Crippen LogP contribution in [0.15, 0.2) is 77.3 Å². The average Bonchev–Trinajstić information content (AvgIpc) is 3.31. The zero-order chi connectivity index (χ0) is 27.8. The maximum Gasteiger partial charge on any atom is 0.356 e. The van der Waals surface area contributed by atoms with Gasteiger partial charge in [-0.15, -0.1) is 0 Å². The van der Waals surface area contributed by atoms with Crippen molar-refractivity contribution in [2.75, 3.05) is 30.8 Å². The molecule has 1 aliphatic rings. The van der Waals surface area contributed by atoms with Crippen LogP contribution < -0.4 is 20.9 Å². The van der Waals surface area contributed by atoms with Crippen molar-refractivity contribution in [3.63, 3.8) is 0 Å². The molecule has 1 heterocycles. The van der Waals surface area contributed by atoms with Crippen LogP contribution in [0.25, 0.3) is 0 Å². The molecule has 0 aliphatic carbocycles. The number of nitrogens with zero attached hydrogens (tertiary/aromatic N) is 1. The SMILES string of the molecule is COc1cc(CC(=O)N2CC(F)CC2CNOC(=O)c2ccccc2)ccc1NC(=O)Nc1ccccc1Br. The van der Waals surface area contributed by atoms with E-state index in [-0.39, 0.29) is 31.8 Å². The summed E-state index contributed by atoms with van der Waals surface area (Å²) in [6.45, 7) is 0.0629. The van der Waals surface area contributed by atoms with E-state index >= 15 is 0 Å². The number of urea groups is 1. The number of nitrogens with one attached hydrogen (secondary N) is 3.